The maximum absolute atomic E-state index is 12.6. The van der Waals surface area contributed by atoms with Gasteiger partial charge in [-0.05, 0) is 29.8 Å². The molecule has 1 amide bonds. The SMILES string of the molecule is CN(C(=O)c1ccccc1)c1ccc(NC[C@H](O)c2ccccc2)c([N+](=O)[O-])c1. The molecule has 7 nitrogen and oxygen atoms in total. The van der Waals surface area contributed by atoms with E-state index >= 15 is 0 Å². The molecule has 0 aromatic heterocycles. The molecule has 0 saturated carbocycles. The van der Waals surface area contributed by atoms with Crippen LogP contribution in [0, 0.1) is 10.1 Å². The van der Waals surface area contributed by atoms with E-state index in [9.17, 15) is 20.0 Å². The zero-order valence-corrected chi connectivity index (χ0v) is 15.9. The van der Waals surface area contributed by atoms with E-state index < -0.39 is 11.0 Å². The van der Waals surface area contributed by atoms with Gasteiger partial charge >= 0.3 is 0 Å². The Labute approximate surface area is 168 Å². The van der Waals surface area contributed by atoms with Gasteiger partial charge < -0.3 is 15.3 Å². The van der Waals surface area contributed by atoms with Gasteiger partial charge in [0.05, 0.1) is 16.7 Å². The highest BCUT2D eigenvalue weighted by molar-refractivity contribution is 6.06. The van der Waals surface area contributed by atoms with E-state index in [-0.39, 0.29) is 23.8 Å². The van der Waals surface area contributed by atoms with Crippen LogP contribution in [0.3, 0.4) is 0 Å². The Morgan fingerprint density at radius 3 is 2.31 bits per heavy atom. The zero-order chi connectivity index (χ0) is 20.8. The Kier molecular flexibility index (Phi) is 6.21. The first-order valence-electron chi connectivity index (χ1n) is 9.06. The van der Waals surface area contributed by atoms with Crippen LogP contribution in [0.15, 0.2) is 78.9 Å². The van der Waals surface area contributed by atoms with Gasteiger partial charge in [-0.25, -0.2) is 0 Å². The normalized spacial score (nSPS) is 11.5. The van der Waals surface area contributed by atoms with Crippen molar-refractivity contribution < 1.29 is 14.8 Å². The maximum atomic E-state index is 12.6. The van der Waals surface area contributed by atoms with Gasteiger partial charge in [-0.2, -0.15) is 0 Å². The molecule has 3 aromatic carbocycles. The summed E-state index contributed by atoms with van der Waals surface area (Å²) in [7, 11) is 1.57. The number of aliphatic hydroxyl groups excluding tert-OH is 1. The molecule has 0 radical (unpaired) electrons. The molecule has 0 fully saturated rings. The number of carbonyl (C=O) groups is 1. The van der Waals surface area contributed by atoms with E-state index in [1.165, 1.54) is 11.0 Å². The fraction of sp³-hybridized carbons (Fsp3) is 0.136. The number of hydrogen-bond donors (Lipinski definition) is 2. The van der Waals surface area contributed by atoms with Crippen molar-refractivity contribution in [3.05, 3.63) is 100 Å². The van der Waals surface area contributed by atoms with Gasteiger partial charge in [0.2, 0.25) is 0 Å². The molecule has 0 aliphatic carbocycles. The van der Waals surface area contributed by atoms with Crippen LogP contribution < -0.4 is 10.2 Å². The van der Waals surface area contributed by atoms with E-state index in [1.54, 1.807) is 55.6 Å². The first-order valence-corrected chi connectivity index (χ1v) is 9.06. The number of nitrogens with zero attached hydrogens (tertiary/aromatic N) is 2. The Balaban J connectivity index is 1.78. The lowest BCUT2D eigenvalue weighted by Gasteiger charge is -2.19. The molecule has 0 aliphatic heterocycles. The molecule has 2 N–H and O–H groups in total. The van der Waals surface area contributed by atoms with Crippen molar-refractivity contribution in [2.24, 2.45) is 0 Å². The highest BCUT2D eigenvalue weighted by Crippen LogP contribution is 2.30. The molecule has 0 spiro atoms. The Bertz CT molecular complexity index is 993. The number of hydrogen-bond acceptors (Lipinski definition) is 5. The molecule has 148 valence electrons. The molecule has 3 aromatic rings. The zero-order valence-electron chi connectivity index (χ0n) is 15.9. The molecule has 0 bridgehead atoms. The van der Waals surface area contributed by atoms with Crippen molar-refractivity contribution in [2.75, 3.05) is 23.8 Å². The number of carbonyl (C=O) groups excluding carboxylic acids is 1. The fourth-order valence-corrected chi connectivity index (χ4v) is 2.92. The Morgan fingerprint density at radius 2 is 1.69 bits per heavy atom. The third-order valence-corrected chi connectivity index (χ3v) is 4.56. The van der Waals surface area contributed by atoms with Crippen LogP contribution in [0.4, 0.5) is 17.1 Å². The second-order valence-electron chi connectivity index (χ2n) is 6.50. The van der Waals surface area contributed by atoms with E-state index in [0.717, 1.165) is 0 Å². The average molecular weight is 391 g/mol. The van der Waals surface area contributed by atoms with Gasteiger partial charge in [0.1, 0.15) is 5.69 Å². The van der Waals surface area contributed by atoms with Crippen molar-refractivity contribution in [2.45, 2.75) is 6.10 Å². The number of nitrogens with one attached hydrogen (secondary N) is 1. The molecule has 7 heteroatoms. The van der Waals surface area contributed by atoms with Crippen LogP contribution >= 0.6 is 0 Å². The smallest absolute Gasteiger partial charge is 0.294 e. The summed E-state index contributed by atoms with van der Waals surface area (Å²) in [6, 6.07) is 22.3. The van der Waals surface area contributed by atoms with Crippen molar-refractivity contribution in [1.29, 1.82) is 0 Å². The summed E-state index contributed by atoms with van der Waals surface area (Å²) < 4.78 is 0. The van der Waals surface area contributed by atoms with Gasteiger partial charge in [0.25, 0.3) is 11.6 Å². The van der Waals surface area contributed by atoms with Crippen LogP contribution in [0.25, 0.3) is 0 Å². The number of nitro groups is 1. The maximum Gasteiger partial charge on any atom is 0.294 e. The molecule has 0 aliphatic rings. The number of benzene rings is 3. The van der Waals surface area contributed by atoms with Gasteiger partial charge in [-0.3, -0.25) is 14.9 Å². The predicted octanol–water partition coefficient (Wildman–Crippen LogP) is 4.02. The van der Waals surface area contributed by atoms with Gasteiger partial charge in [-0.1, -0.05) is 48.5 Å². The summed E-state index contributed by atoms with van der Waals surface area (Å²) in [6.45, 7) is 0.114. The molecule has 3 rings (SSSR count). The lowest BCUT2D eigenvalue weighted by Crippen LogP contribution is -2.26. The minimum Gasteiger partial charge on any atom is -0.387 e. The van der Waals surface area contributed by atoms with Crippen molar-refractivity contribution in [3.8, 4) is 0 Å². The predicted molar refractivity (Wildman–Crippen MR) is 112 cm³/mol. The number of aliphatic hydroxyl groups is 1. The lowest BCUT2D eigenvalue weighted by atomic mass is 10.1. The first kappa shape index (κ1) is 20.0. The highest BCUT2D eigenvalue weighted by atomic mass is 16.6. The quantitative estimate of drug-likeness (QED) is 0.468. The summed E-state index contributed by atoms with van der Waals surface area (Å²) >= 11 is 0. The summed E-state index contributed by atoms with van der Waals surface area (Å²) in [5.74, 6) is -0.264. The van der Waals surface area contributed by atoms with Crippen LogP contribution in [-0.2, 0) is 0 Å². The average Bonchev–Trinajstić information content (AvgIpc) is 2.77. The molecule has 0 heterocycles. The second-order valence-corrected chi connectivity index (χ2v) is 6.50. The third-order valence-electron chi connectivity index (χ3n) is 4.56. The van der Waals surface area contributed by atoms with Gasteiger partial charge in [-0.15, -0.1) is 0 Å². The van der Waals surface area contributed by atoms with E-state index in [2.05, 4.69) is 5.32 Å². The van der Waals surface area contributed by atoms with Gasteiger partial charge in [0.15, 0.2) is 0 Å². The standard InChI is InChI=1S/C22H21N3O4/c1-24(22(27)17-10-6-3-7-11-17)18-12-13-19(20(14-18)25(28)29)23-15-21(26)16-8-4-2-5-9-16/h2-14,21,23,26H,15H2,1H3/t21-/m0/s1. The molecule has 0 unspecified atom stereocenters. The number of rotatable bonds is 7. The van der Waals surface area contributed by atoms with E-state index in [0.29, 0.717) is 16.8 Å². The number of anilines is 2. The number of amides is 1. The lowest BCUT2D eigenvalue weighted by molar-refractivity contribution is -0.383. The molecule has 0 saturated heterocycles. The summed E-state index contributed by atoms with van der Waals surface area (Å²) in [4.78, 5) is 25.0. The second kappa shape index (κ2) is 8.99. The Morgan fingerprint density at radius 1 is 1.07 bits per heavy atom. The third kappa shape index (κ3) is 4.77. The monoisotopic (exact) mass is 391 g/mol. The fourth-order valence-electron chi connectivity index (χ4n) is 2.92. The molecular weight excluding hydrogens is 370 g/mol. The minimum absolute atomic E-state index is 0.114. The van der Waals surface area contributed by atoms with Crippen LogP contribution in [-0.4, -0.2) is 29.5 Å². The number of nitro benzene ring substituents is 1. The summed E-state index contributed by atoms with van der Waals surface area (Å²) in [5.41, 5.74) is 1.71. The Hall–Kier alpha value is -3.71. The first-order chi connectivity index (χ1) is 14.0. The van der Waals surface area contributed by atoms with Gasteiger partial charge in [0, 0.05) is 25.2 Å². The van der Waals surface area contributed by atoms with Crippen LogP contribution in [0.5, 0.6) is 0 Å². The van der Waals surface area contributed by atoms with Crippen molar-refractivity contribution in [1.82, 2.24) is 0 Å². The van der Waals surface area contributed by atoms with Crippen LogP contribution in [0.2, 0.25) is 0 Å². The largest absolute Gasteiger partial charge is 0.387 e. The topological polar surface area (TPSA) is 95.7 Å². The molecule has 1 atom stereocenters. The van der Waals surface area contributed by atoms with E-state index in [4.69, 9.17) is 0 Å². The van der Waals surface area contributed by atoms with E-state index in [1.807, 2.05) is 24.3 Å². The minimum atomic E-state index is -0.808. The van der Waals surface area contributed by atoms with Crippen LogP contribution in [0.1, 0.15) is 22.0 Å². The summed E-state index contributed by atoms with van der Waals surface area (Å²) in [5, 5.41) is 24.7. The van der Waals surface area contributed by atoms with Crippen molar-refractivity contribution in [3.63, 3.8) is 0 Å². The van der Waals surface area contributed by atoms with Crippen molar-refractivity contribution >= 4 is 23.0 Å². The summed E-state index contributed by atoms with van der Waals surface area (Å²) in [6.07, 6.45) is -0.808. The highest BCUT2D eigenvalue weighted by Gasteiger charge is 2.20. The molecule has 29 heavy (non-hydrogen) atoms. The molecular formula is C22H21N3O4.